The largest absolute Gasteiger partial charge is 0.444 e. The molecular formula is C21H20N6O3. The summed E-state index contributed by atoms with van der Waals surface area (Å²) in [5, 5.41) is 20.8. The third kappa shape index (κ3) is 3.39. The van der Waals surface area contributed by atoms with Crippen LogP contribution >= 0.6 is 0 Å². The maximum atomic E-state index is 12.9. The number of amides is 1. The number of β-amino-alcohol motifs (C(OH)–C–C–N with tert-alkyl or cyclic N) is 1. The van der Waals surface area contributed by atoms with Gasteiger partial charge in [0.2, 0.25) is 5.89 Å². The summed E-state index contributed by atoms with van der Waals surface area (Å²) in [4.78, 5) is 23.4. The molecule has 1 amide bonds. The summed E-state index contributed by atoms with van der Waals surface area (Å²) in [5.74, 6) is -0.0202. The molecule has 1 aliphatic rings. The molecule has 0 aliphatic carbocycles. The number of carbonyl (C=O) groups excluding carboxylic acids is 1. The Morgan fingerprint density at radius 2 is 2.27 bits per heavy atom. The highest BCUT2D eigenvalue weighted by Gasteiger charge is 2.24. The fourth-order valence-corrected chi connectivity index (χ4v) is 3.68. The van der Waals surface area contributed by atoms with Crippen LogP contribution in [0.15, 0.2) is 47.3 Å². The van der Waals surface area contributed by atoms with E-state index in [1.807, 2.05) is 25.1 Å². The number of nitrogens with one attached hydrogen (secondary N) is 2. The number of H-pyrrole nitrogens is 1. The predicted molar refractivity (Wildman–Crippen MR) is 111 cm³/mol. The van der Waals surface area contributed by atoms with Crippen molar-refractivity contribution in [1.29, 1.82) is 0 Å². The summed E-state index contributed by atoms with van der Waals surface area (Å²) >= 11 is 0. The number of aliphatic hydroxyl groups excluding tert-OH is 1. The molecule has 0 spiro atoms. The molecule has 9 nitrogen and oxygen atoms in total. The average molecular weight is 404 g/mol. The van der Waals surface area contributed by atoms with Crippen LogP contribution in [0.5, 0.6) is 0 Å². The summed E-state index contributed by atoms with van der Waals surface area (Å²) in [5.41, 5.74) is 4.03. The molecule has 30 heavy (non-hydrogen) atoms. The Labute approximate surface area is 171 Å². The average Bonchev–Trinajstić information content (AvgIpc) is 3.47. The highest BCUT2D eigenvalue weighted by molar-refractivity contribution is 6.06. The third-order valence-corrected chi connectivity index (χ3v) is 5.19. The molecular weight excluding hydrogens is 384 g/mol. The van der Waals surface area contributed by atoms with E-state index in [9.17, 15) is 9.90 Å². The molecule has 3 N–H and O–H groups in total. The monoisotopic (exact) mass is 404 g/mol. The van der Waals surface area contributed by atoms with Crippen LogP contribution in [-0.4, -0.2) is 50.4 Å². The zero-order chi connectivity index (χ0) is 20.7. The maximum Gasteiger partial charge on any atom is 0.277 e. The Morgan fingerprint density at radius 3 is 3.07 bits per heavy atom. The van der Waals surface area contributed by atoms with Gasteiger partial charge in [-0.2, -0.15) is 5.10 Å². The van der Waals surface area contributed by atoms with Crippen LogP contribution in [0, 0.1) is 6.92 Å². The molecule has 0 radical (unpaired) electrons. The third-order valence-electron chi connectivity index (χ3n) is 5.19. The minimum atomic E-state index is -0.379. The van der Waals surface area contributed by atoms with E-state index in [0.717, 1.165) is 27.8 Å². The van der Waals surface area contributed by atoms with Gasteiger partial charge in [-0.3, -0.25) is 14.9 Å². The quantitative estimate of drug-likeness (QED) is 0.478. The summed E-state index contributed by atoms with van der Waals surface area (Å²) < 4.78 is 5.51. The van der Waals surface area contributed by atoms with Crippen LogP contribution in [0.1, 0.15) is 22.6 Å². The molecule has 0 bridgehead atoms. The van der Waals surface area contributed by atoms with Gasteiger partial charge >= 0.3 is 0 Å². The normalized spacial score (nSPS) is 16.3. The smallest absolute Gasteiger partial charge is 0.277 e. The fourth-order valence-electron chi connectivity index (χ4n) is 3.68. The van der Waals surface area contributed by atoms with Crippen molar-refractivity contribution in [3.63, 3.8) is 0 Å². The van der Waals surface area contributed by atoms with Gasteiger partial charge in [-0.15, -0.1) is 0 Å². The summed E-state index contributed by atoms with van der Waals surface area (Å²) in [6.07, 6.45) is 5.06. The van der Waals surface area contributed by atoms with Crippen molar-refractivity contribution >= 4 is 28.2 Å². The molecule has 1 aromatic carbocycles. The number of pyridine rings is 1. The van der Waals surface area contributed by atoms with Gasteiger partial charge < -0.3 is 19.7 Å². The number of hydrogen-bond acceptors (Lipinski definition) is 7. The first-order valence-electron chi connectivity index (χ1n) is 9.67. The Morgan fingerprint density at radius 1 is 1.37 bits per heavy atom. The lowest BCUT2D eigenvalue weighted by Crippen LogP contribution is -2.23. The van der Waals surface area contributed by atoms with Crippen molar-refractivity contribution in [2.24, 2.45) is 0 Å². The number of aromatic nitrogens is 4. The lowest BCUT2D eigenvalue weighted by Gasteiger charge is -2.22. The molecule has 0 unspecified atom stereocenters. The van der Waals surface area contributed by atoms with Crippen LogP contribution in [0.2, 0.25) is 0 Å². The van der Waals surface area contributed by atoms with Gasteiger partial charge in [-0.1, -0.05) is 0 Å². The number of benzene rings is 1. The molecule has 5 rings (SSSR count). The zero-order valence-electron chi connectivity index (χ0n) is 16.3. The van der Waals surface area contributed by atoms with Crippen molar-refractivity contribution in [3.8, 4) is 11.5 Å². The number of nitrogens with zero attached hydrogens (tertiary/aromatic N) is 4. The Kier molecular flexibility index (Phi) is 4.44. The van der Waals surface area contributed by atoms with E-state index < -0.39 is 0 Å². The molecule has 4 aromatic rings. The first kappa shape index (κ1) is 18.3. The van der Waals surface area contributed by atoms with Crippen molar-refractivity contribution in [1.82, 2.24) is 20.2 Å². The second-order valence-corrected chi connectivity index (χ2v) is 7.39. The van der Waals surface area contributed by atoms with Crippen molar-refractivity contribution in [3.05, 3.63) is 54.3 Å². The van der Waals surface area contributed by atoms with E-state index >= 15 is 0 Å². The van der Waals surface area contributed by atoms with Crippen molar-refractivity contribution in [2.45, 2.75) is 19.4 Å². The molecule has 152 valence electrons. The van der Waals surface area contributed by atoms with Gasteiger partial charge in [-0.25, -0.2) is 4.98 Å². The number of rotatable bonds is 4. The van der Waals surface area contributed by atoms with Gasteiger partial charge in [0, 0.05) is 35.9 Å². The first-order valence-corrected chi connectivity index (χ1v) is 9.67. The van der Waals surface area contributed by atoms with E-state index in [-0.39, 0.29) is 17.7 Å². The molecule has 1 aliphatic heterocycles. The van der Waals surface area contributed by atoms with E-state index in [2.05, 4.69) is 30.4 Å². The minimum absolute atomic E-state index is 0.177. The first-order chi connectivity index (χ1) is 14.6. The fraction of sp³-hybridized carbons (Fsp3) is 0.238. The maximum absolute atomic E-state index is 12.9. The van der Waals surface area contributed by atoms with Crippen LogP contribution in [0.3, 0.4) is 0 Å². The predicted octanol–water partition coefficient (Wildman–Crippen LogP) is 2.74. The highest BCUT2D eigenvalue weighted by Crippen LogP contribution is 2.33. The topological polar surface area (TPSA) is 120 Å². The number of anilines is 2. The number of carbonyl (C=O) groups is 1. The number of hydrogen-bond donors (Lipinski definition) is 3. The van der Waals surface area contributed by atoms with Crippen LogP contribution in [-0.2, 0) is 0 Å². The highest BCUT2D eigenvalue weighted by atomic mass is 16.3. The Balaban J connectivity index is 1.44. The number of aliphatic hydroxyl groups is 1. The second kappa shape index (κ2) is 7.27. The molecule has 1 fully saturated rings. The van der Waals surface area contributed by atoms with Gasteiger partial charge in [0.1, 0.15) is 6.26 Å². The van der Waals surface area contributed by atoms with Gasteiger partial charge in [-0.05, 0) is 37.6 Å². The SMILES string of the molecule is Cc1cc(-c2nc(C(=O)Nc3cc4[nH]ncc4cc3N3CC[C@H](O)C3)co2)ccn1. The molecule has 4 heterocycles. The number of fused-ring (bicyclic) bond motifs is 1. The minimum Gasteiger partial charge on any atom is -0.444 e. The number of oxazole rings is 1. The zero-order valence-corrected chi connectivity index (χ0v) is 16.3. The standard InChI is InChI=1S/C21H20N6O3/c1-12-6-13(2-4-22-12)21-25-18(11-30-21)20(29)24-17-8-16-14(9-23-26-16)7-19(17)27-5-3-15(28)10-27/h2,4,6-9,11,15,28H,3,5,10H2,1H3,(H,23,26)(H,24,29)/t15-/m0/s1. The summed E-state index contributed by atoms with van der Waals surface area (Å²) in [7, 11) is 0. The molecule has 1 saturated heterocycles. The molecule has 1 atom stereocenters. The number of aromatic amines is 1. The van der Waals surface area contributed by atoms with E-state index in [1.54, 1.807) is 18.5 Å². The summed E-state index contributed by atoms with van der Waals surface area (Å²) in [6.45, 7) is 3.10. The van der Waals surface area contributed by atoms with Crippen molar-refractivity contribution in [2.75, 3.05) is 23.3 Å². The lowest BCUT2D eigenvalue weighted by atomic mass is 10.2. The van der Waals surface area contributed by atoms with E-state index in [4.69, 9.17) is 4.42 Å². The van der Waals surface area contributed by atoms with Crippen LogP contribution in [0.4, 0.5) is 11.4 Å². The second-order valence-electron chi connectivity index (χ2n) is 7.39. The van der Waals surface area contributed by atoms with Gasteiger partial charge in [0.15, 0.2) is 5.69 Å². The van der Waals surface area contributed by atoms with E-state index in [1.165, 1.54) is 6.26 Å². The molecule has 9 heteroatoms. The lowest BCUT2D eigenvalue weighted by molar-refractivity contribution is 0.102. The van der Waals surface area contributed by atoms with Crippen LogP contribution < -0.4 is 10.2 Å². The molecule has 0 saturated carbocycles. The van der Waals surface area contributed by atoms with E-state index in [0.29, 0.717) is 31.1 Å². The Hall–Kier alpha value is -3.72. The van der Waals surface area contributed by atoms with Crippen LogP contribution in [0.25, 0.3) is 22.4 Å². The molecule has 3 aromatic heterocycles. The van der Waals surface area contributed by atoms with Gasteiger partial charge in [0.25, 0.3) is 5.91 Å². The Bertz CT molecular complexity index is 1230. The number of aryl methyl sites for hydroxylation is 1. The summed E-state index contributed by atoms with van der Waals surface area (Å²) in [6, 6.07) is 7.42. The van der Waals surface area contributed by atoms with Crippen molar-refractivity contribution < 1.29 is 14.3 Å². The van der Waals surface area contributed by atoms with Gasteiger partial charge in [0.05, 0.1) is 29.2 Å².